The summed E-state index contributed by atoms with van der Waals surface area (Å²) >= 11 is 0. The quantitative estimate of drug-likeness (QED) is 0.511. The van der Waals surface area contributed by atoms with Gasteiger partial charge in [-0.3, -0.25) is 0 Å². The van der Waals surface area contributed by atoms with Crippen LogP contribution in [0.25, 0.3) is 0 Å². The van der Waals surface area contributed by atoms with E-state index in [0.29, 0.717) is 0 Å². The molecular weight excluding hydrogens is 200 g/mol. The van der Waals surface area contributed by atoms with Crippen LogP contribution in [-0.2, 0) is 21.7 Å². The minimum absolute atomic E-state index is 0. The van der Waals surface area contributed by atoms with E-state index in [-0.39, 0.29) is 32.7 Å². The summed E-state index contributed by atoms with van der Waals surface area (Å²) in [6.45, 7) is 16.0. The Labute approximate surface area is 99.0 Å². The zero-order valence-electron chi connectivity index (χ0n) is 9.48. The van der Waals surface area contributed by atoms with Gasteiger partial charge in [0.05, 0.1) is 0 Å². The van der Waals surface area contributed by atoms with Gasteiger partial charge in [-0.25, -0.2) is 0 Å². The molecule has 0 atom stereocenters. The molecule has 2 nitrogen and oxygen atoms in total. The maximum Gasteiger partial charge on any atom is 2.00 e. The first-order chi connectivity index (χ1) is 4.54. The second kappa shape index (κ2) is 22.9. The Kier molecular flexibility index (Phi) is 51.5. The smallest absolute Gasteiger partial charge is 0.412 e. The van der Waals surface area contributed by atoms with Gasteiger partial charge in [0.2, 0.25) is 0 Å². The molecule has 82 valence electrons. The van der Waals surface area contributed by atoms with Gasteiger partial charge in [0, 0.05) is 0 Å². The first-order valence-corrected chi connectivity index (χ1v) is 4.13. The molecule has 0 aliphatic heterocycles. The van der Waals surface area contributed by atoms with Gasteiger partial charge in [0.1, 0.15) is 0 Å². The van der Waals surface area contributed by atoms with Crippen LogP contribution in [-0.4, -0.2) is 11.0 Å². The molecule has 0 saturated heterocycles. The van der Waals surface area contributed by atoms with Gasteiger partial charge in [0.15, 0.2) is 0 Å². The molecule has 0 bridgehead atoms. The van der Waals surface area contributed by atoms with E-state index in [2.05, 4.69) is 41.5 Å². The van der Waals surface area contributed by atoms with Gasteiger partial charge >= 0.3 is 21.7 Å². The SMILES string of the molecule is O.O.[CH2-]CC(C)C.[CH2-]CC(C)C.[Ti+2]. The van der Waals surface area contributed by atoms with Crippen molar-refractivity contribution in [3.63, 3.8) is 0 Å². The molecule has 3 heteroatoms. The molecular formula is C10H26O2Ti. The topological polar surface area (TPSA) is 63.0 Å². The first kappa shape index (κ1) is 29.2. The van der Waals surface area contributed by atoms with Crippen LogP contribution in [0.5, 0.6) is 0 Å². The van der Waals surface area contributed by atoms with Gasteiger partial charge in [-0.1, -0.05) is 39.5 Å². The van der Waals surface area contributed by atoms with E-state index in [4.69, 9.17) is 0 Å². The Balaban J connectivity index is -0.0000000267. The van der Waals surface area contributed by atoms with Crippen LogP contribution in [0, 0.1) is 25.7 Å². The predicted octanol–water partition coefficient (Wildman–Crippen LogP) is 2.08. The molecule has 0 aromatic carbocycles. The Hall–Kier alpha value is 0.634. The Bertz CT molecular complexity index is 48.9. The minimum atomic E-state index is 0. The van der Waals surface area contributed by atoms with Crippen molar-refractivity contribution in [1.29, 1.82) is 0 Å². The normalized spacial score (nSPS) is 7.38. The monoisotopic (exact) mass is 226 g/mol. The zero-order valence-corrected chi connectivity index (χ0v) is 11.0. The van der Waals surface area contributed by atoms with Crippen molar-refractivity contribution in [2.45, 2.75) is 40.5 Å². The molecule has 0 aliphatic rings. The third kappa shape index (κ3) is 66.5. The molecule has 0 aromatic heterocycles. The summed E-state index contributed by atoms with van der Waals surface area (Å²) in [4.78, 5) is 0. The van der Waals surface area contributed by atoms with Gasteiger partial charge in [-0.05, 0) is 0 Å². The maximum atomic E-state index is 3.69. The molecule has 0 aliphatic carbocycles. The van der Waals surface area contributed by atoms with Crippen LogP contribution in [0.4, 0.5) is 0 Å². The zero-order chi connectivity index (χ0) is 8.57. The fourth-order valence-corrected chi connectivity index (χ4v) is 0. The second-order valence-corrected chi connectivity index (χ2v) is 3.37. The third-order valence-corrected chi connectivity index (χ3v) is 1.15. The van der Waals surface area contributed by atoms with Crippen LogP contribution in [0.2, 0.25) is 0 Å². The van der Waals surface area contributed by atoms with E-state index in [1.54, 1.807) is 0 Å². The Morgan fingerprint density at radius 2 is 0.846 bits per heavy atom. The van der Waals surface area contributed by atoms with Crippen molar-refractivity contribution >= 4 is 0 Å². The maximum absolute atomic E-state index is 3.69. The summed E-state index contributed by atoms with van der Waals surface area (Å²) < 4.78 is 0. The van der Waals surface area contributed by atoms with Crippen molar-refractivity contribution in [1.82, 2.24) is 0 Å². The molecule has 0 saturated carbocycles. The van der Waals surface area contributed by atoms with Crippen molar-refractivity contribution in [2.75, 3.05) is 0 Å². The van der Waals surface area contributed by atoms with Gasteiger partial charge in [-0.15, -0.1) is 0 Å². The van der Waals surface area contributed by atoms with Crippen molar-refractivity contribution in [3.05, 3.63) is 13.8 Å². The Morgan fingerprint density at radius 3 is 0.846 bits per heavy atom. The van der Waals surface area contributed by atoms with E-state index >= 15 is 0 Å². The standard InChI is InChI=1S/2C5H11.2H2O.Ti/c2*1-4-5(2)3;;;/h2*5H,1,4H2,2-3H3;2*1H2;/q2*-1;;;+2. The van der Waals surface area contributed by atoms with Crippen LogP contribution >= 0.6 is 0 Å². The fourth-order valence-electron chi connectivity index (χ4n) is 0. The molecule has 0 rings (SSSR count). The third-order valence-electron chi connectivity index (χ3n) is 1.15. The summed E-state index contributed by atoms with van der Waals surface area (Å²) in [5, 5.41) is 0. The van der Waals surface area contributed by atoms with Gasteiger partial charge in [0.25, 0.3) is 0 Å². The Morgan fingerprint density at radius 1 is 0.769 bits per heavy atom. The van der Waals surface area contributed by atoms with E-state index in [1.165, 1.54) is 0 Å². The van der Waals surface area contributed by atoms with Crippen LogP contribution in [0.1, 0.15) is 40.5 Å². The molecule has 0 unspecified atom stereocenters. The molecule has 0 heterocycles. The minimum Gasteiger partial charge on any atom is -0.412 e. The van der Waals surface area contributed by atoms with Gasteiger partial charge in [-0.2, -0.15) is 12.8 Å². The van der Waals surface area contributed by atoms with Crippen molar-refractivity contribution < 1.29 is 32.7 Å². The molecule has 0 spiro atoms. The van der Waals surface area contributed by atoms with Crippen molar-refractivity contribution in [3.8, 4) is 0 Å². The molecule has 0 aromatic rings. The molecule has 0 radical (unpaired) electrons. The molecule has 4 N–H and O–H groups in total. The number of hydrogen-bond acceptors (Lipinski definition) is 0. The largest absolute Gasteiger partial charge is 2.00 e. The van der Waals surface area contributed by atoms with Crippen LogP contribution in [0.3, 0.4) is 0 Å². The summed E-state index contributed by atoms with van der Waals surface area (Å²) in [6, 6.07) is 0. The average molecular weight is 226 g/mol. The summed E-state index contributed by atoms with van der Waals surface area (Å²) in [7, 11) is 0. The molecule has 0 amide bonds. The van der Waals surface area contributed by atoms with Crippen molar-refractivity contribution in [2.24, 2.45) is 11.8 Å². The average Bonchev–Trinajstić information content (AvgIpc) is 1.89. The summed E-state index contributed by atoms with van der Waals surface area (Å²) in [5.74, 6) is 1.55. The second-order valence-electron chi connectivity index (χ2n) is 3.37. The van der Waals surface area contributed by atoms with Gasteiger partial charge < -0.3 is 24.8 Å². The van der Waals surface area contributed by atoms with Crippen LogP contribution < -0.4 is 0 Å². The fraction of sp³-hybridized carbons (Fsp3) is 0.800. The predicted molar refractivity (Wildman–Crippen MR) is 56.9 cm³/mol. The first-order valence-electron chi connectivity index (χ1n) is 4.13. The van der Waals surface area contributed by atoms with E-state index in [1.807, 2.05) is 0 Å². The number of hydrogen-bond donors (Lipinski definition) is 0. The van der Waals surface area contributed by atoms with E-state index in [9.17, 15) is 0 Å². The summed E-state index contributed by atoms with van der Waals surface area (Å²) in [6.07, 6.45) is 2.11. The van der Waals surface area contributed by atoms with E-state index in [0.717, 1.165) is 24.7 Å². The molecule has 0 fully saturated rings. The number of rotatable bonds is 2. The van der Waals surface area contributed by atoms with Crippen LogP contribution in [0.15, 0.2) is 0 Å². The summed E-state index contributed by atoms with van der Waals surface area (Å²) in [5.41, 5.74) is 0. The molecule has 13 heavy (non-hydrogen) atoms. The van der Waals surface area contributed by atoms with E-state index < -0.39 is 0 Å².